The molecule has 2 nitrogen and oxygen atoms in total. The highest BCUT2D eigenvalue weighted by Gasteiger charge is 2.20. The van der Waals surface area contributed by atoms with Crippen LogP contribution in [-0.4, -0.2) is 19.3 Å². The first-order chi connectivity index (χ1) is 9.70. The third kappa shape index (κ3) is 4.88. The fourth-order valence-corrected chi connectivity index (χ4v) is 4.24. The number of hydrogen-bond acceptors (Lipinski definition) is 3. The lowest BCUT2D eigenvalue weighted by atomic mass is 9.98. The zero-order valence-electron chi connectivity index (χ0n) is 12.0. The highest BCUT2D eigenvalue weighted by atomic mass is 35.5. The highest BCUT2D eigenvalue weighted by molar-refractivity contribution is 7.20. The summed E-state index contributed by atoms with van der Waals surface area (Å²) >= 11 is 13.8. The van der Waals surface area contributed by atoms with Crippen LogP contribution < -0.4 is 5.32 Å². The van der Waals surface area contributed by atoms with E-state index in [1.165, 1.54) is 30.6 Å². The van der Waals surface area contributed by atoms with Crippen LogP contribution in [0.25, 0.3) is 0 Å². The average molecular weight is 336 g/mol. The molecule has 0 radical (unpaired) electrons. The van der Waals surface area contributed by atoms with Crippen LogP contribution in [0.4, 0.5) is 0 Å². The van der Waals surface area contributed by atoms with Crippen molar-refractivity contribution in [2.24, 2.45) is 0 Å². The normalized spacial score (nSPS) is 21.1. The topological polar surface area (TPSA) is 21.3 Å². The summed E-state index contributed by atoms with van der Waals surface area (Å²) in [5.74, 6) is 0. The molecule has 2 atom stereocenters. The first-order valence-corrected chi connectivity index (χ1v) is 9.07. The van der Waals surface area contributed by atoms with Crippen molar-refractivity contribution in [2.45, 2.75) is 57.6 Å². The van der Waals surface area contributed by atoms with Crippen molar-refractivity contribution in [2.75, 3.05) is 13.2 Å². The molecule has 114 valence electrons. The summed E-state index contributed by atoms with van der Waals surface area (Å²) in [7, 11) is 0. The van der Waals surface area contributed by atoms with Crippen LogP contribution in [0.15, 0.2) is 6.07 Å². The van der Waals surface area contributed by atoms with E-state index in [2.05, 4.69) is 12.2 Å². The Morgan fingerprint density at radius 3 is 2.90 bits per heavy atom. The SMILES string of the molecule is CCCNC(CCC1CCCCO1)c1cc(Cl)sc1Cl. The van der Waals surface area contributed by atoms with Gasteiger partial charge in [0.05, 0.1) is 14.8 Å². The average Bonchev–Trinajstić information content (AvgIpc) is 2.79. The van der Waals surface area contributed by atoms with Crippen molar-refractivity contribution in [3.8, 4) is 0 Å². The lowest BCUT2D eigenvalue weighted by molar-refractivity contribution is 0.00855. The Morgan fingerprint density at radius 2 is 2.30 bits per heavy atom. The summed E-state index contributed by atoms with van der Waals surface area (Å²) < 4.78 is 7.40. The number of rotatable bonds is 7. The van der Waals surface area contributed by atoms with Crippen molar-refractivity contribution in [1.82, 2.24) is 5.32 Å². The van der Waals surface area contributed by atoms with Crippen LogP contribution >= 0.6 is 34.5 Å². The second-order valence-electron chi connectivity index (χ2n) is 5.35. The molecule has 0 amide bonds. The monoisotopic (exact) mass is 335 g/mol. The van der Waals surface area contributed by atoms with E-state index in [0.717, 1.165) is 46.7 Å². The minimum atomic E-state index is 0.289. The van der Waals surface area contributed by atoms with Gasteiger partial charge in [0.15, 0.2) is 0 Å². The lowest BCUT2D eigenvalue weighted by Crippen LogP contribution is -2.25. The lowest BCUT2D eigenvalue weighted by Gasteiger charge is -2.25. The van der Waals surface area contributed by atoms with Crippen molar-refractivity contribution in [1.29, 1.82) is 0 Å². The molecule has 20 heavy (non-hydrogen) atoms. The predicted octanol–water partition coefficient (Wildman–Crippen LogP) is 5.44. The molecule has 1 N–H and O–H groups in total. The third-order valence-corrected chi connectivity index (χ3v) is 5.27. The summed E-state index contributed by atoms with van der Waals surface area (Å²) in [5, 5.41) is 3.59. The quantitative estimate of drug-likeness (QED) is 0.715. The maximum atomic E-state index is 6.30. The van der Waals surface area contributed by atoms with Crippen LogP contribution in [0, 0.1) is 0 Å². The maximum Gasteiger partial charge on any atom is 0.0991 e. The molecule has 5 heteroatoms. The summed E-state index contributed by atoms with van der Waals surface area (Å²) in [6, 6.07) is 2.29. The Labute approximate surface area is 135 Å². The Bertz CT molecular complexity index is 405. The number of thiophene rings is 1. The molecule has 2 unspecified atom stereocenters. The number of halogens is 2. The summed E-state index contributed by atoms with van der Waals surface area (Å²) in [5.41, 5.74) is 1.14. The molecule has 1 aromatic heterocycles. The molecule has 0 aromatic carbocycles. The molecule has 1 aromatic rings. The van der Waals surface area contributed by atoms with Gasteiger partial charge < -0.3 is 10.1 Å². The predicted molar refractivity (Wildman–Crippen MR) is 88.2 cm³/mol. The molecule has 0 bridgehead atoms. The molecule has 1 fully saturated rings. The standard InChI is InChI=1S/C15H23Cl2NOS/c1-2-8-18-13(12-10-14(16)20-15(12)17)7-6-11-5-3-4-9-19-11/h10-11,13,18H,2-9H2,1H3. The van der Waals surface area contributed by atoms with Crippen molar-refractivity contribution in [3.63, 3.8) is 0 Å². The van der Waals surface area contributed by atoms with Gasteiger partial charge in [0.2, 0.25) is 0 Å². The van der Waals surface area contributed by atoms with E-state index in [9.17, 15) is 0 Å². The van der Waals surface area contributed by atoms with Crippen molar-refractivity contribution in [3.05, 3.63) is 20.3 Å². The van der Waals surface area contributed by atoms with Crippen LogP contribution in [0.3, 0.4) is 0 Å². The Morgan fingerprint density at radius 1 is 1.45 bits per heavy atom. The minimum absolute atomic E-state index is 0.289. The maximum absolute atomic E-state index is 6.30. The summed E-state index contributed by atoms with van der Waals surface area (Å²) in [4.78, 5) is 0. The van der Waals surface area contributed by atoms with Gasteiger partial charge in [-0.15, -0.1) is 11.3 Å². The molecule has 1 aliphatic heterocycles. The van der Waals surface area contributed by atoms with Crippen molar-refractivity contribution >= 4 is 34.5 Å². The van der Waals surface area contributed by atoms with Gasteiger partial charge in [0, 0.05) is 18.2 Å². The van der Waals surface area contributed by atoms with Gasteiger partial charge in [-0.25, -0.2) is 0 Å². The van der Waals surface area contributed by atoms with Gasteiger partial charge >= 0.3 is 0 Å². The Hall–Kier alpha value is 0.200. The first kappa shape index (κ1) is 16.6. The van der Waals surface area contributed by atoms with E-state index in [-0.39, 0.29) is 6.04 Å². The van der Waals surface area contributed by atoms with Crippen molar-refractivity contribution < 1.29 is 4.74 Å². The first-order valence-electron chi connectivity index (χ1n) is 7.50. The van der Waals surface area contributed by atoms with E-state index in [1.807, 2.05) is 6.07 Å². The van der Waals surface area contributed by atoms with Gasteiger partial charge in [-0.05, 0) is 51.1 Å². The van der Waals surface area contributed by atoms with Gasteiger partial charge in [-0.3, -0.25) is 0 Å². The molecule has 2 heterocycles. The van der Waals surface area contributed by atoms with Gasteiger partial charge in [0.25, 0.3) is 0 Å². The molecular weight excluding hydrogens is 313 g/mol. The number of ether oxygens (including phenoxy) is 1. The molecule has 1 aliphatic rings. The number of nitrogens with one attached hydrogen (secondary N) is 1. The van der Waals surface area contributed by atoms with Crippen LogP contribution in [-0.2, 0) is 4.74 Å². The van der Waals surface area contributed by atoms with Gasteiger partial charge in [-0.2, -0.15) is 0 Å². The zero-order valence-corrected chi connectivity index (χ0v) is 14.3. The van der Waals surface area contributed by atoms with E-state index in [4.69, 9.17) is 27.9 Å². The fraction of sp³-hybridized carbons (Fsp3) is 0.733. The van der Waals surface area contributed by atoms with E-state index >= 15 is 0 Å². The molecule has 0 spiro atoms. The highest BCUT2D eigenvalue weighted by Crippen LogP contribution is 2.37. The second kappa shape index (κ2) is 8.60. The Balaban J connectivity index is 1.94. The Kier molecular flexibility index (Phi) is 7.12. The van der Waals surface area contributed by atoms with E-state index in [1.54, 1.807) is 0 Å². The van der Waals surface area contributed by atoms with Crippen LogP contribution in [0.5, 0.6) is 0 Å². The molecule has 0 saturated carbocycles. The number of hydrogen-bond donors (Lipinski definition) is 1. The van der Waals surface area contributed by atoms with Crippen LogP contribution in [0.1, 0.15) is 57.1 Å². The smallest absolute Gasteiger partial charge is 0.0991 e. The van der Waals surface area contributed by atoms with Gasteiger partial charge in [0.1, 0.15) is 0 Å². The van der Waals surface area contributed by atoms with Gasteiger partial charge in [-0.1, -0.05) is 30.1 Å². The van der Waals surface area contributed by atoms with E-state index in [0.29, 0.717) is 6.10 Å². The minimum Gasteiger partial charge on any atom is -0.378 e. The fourth-order valence-electron chi connectivity index (χ4n) is 2.66. The third-order valence-electron chi connectivity index (χ3n) is 3.75. The molecule has 0 aliphatic carbocycles. The van der Waals surface area contributed by atoms with E-state index < -0.39 is 0 Å². The summed E-state index contributed by atoms with van der Waals surface area (Å²) in [6.07, 6.45) is 7.37. The second-order valence-corrected chi connectivity index (χ2v) is 7.64. The molecule has 2 rings (SSSR count). The zero-order chi connectivity index (χ0) is 14.4. The largest absolute Gasteiger partial charge is 0.378 e. The summed E-state index contributed by atoms with van der Waals surface area (Å²) in [6.45, 7) is 4.10. The van der Waals surface area contributed by atoms with Crippen LogP contribution in [0.2, 0.25) is 8.67 Å². The molecular formula is C15H23Cl2NOS. The molecule has 1 saturated heterocycles.